The maximum absolute atomic E-state index is 13.3. The maximum atomic E-state index is 13.3. The molecule has 1 aliphatic heterocycles. The number of hydrogen-bond acceptors (Lipinski definition) is 2. The van der Waals surface area contributed by atoms with E-state index < -0.39 is 0 Å². The van der Waals surface area contributed by atoms with E-state index in [1.165, 1.54) is 6.07 Å². The van der Waals surface area contributed by atoms with Gasteiger partial charge in [0.1, 0.15) is 5.82 Å². The number of benzene rings is 1. The van der Waals surface area contributed by atoms with E-state index in [2.05, 4.69) is 28.2 Å². The summed E-state index contributed by atoms with van der Waals surface area (Å²) >= 11 is 3.25. The molecule has 1 aromatic carbocycles. The Bertz CT molecular complexity index is 407. The lowest BCUT2D eigenvalue weighted by Gasteiger charge is -2.24. The van der Waals surface area contributed by atoms with Crippen LogP contribution in [0, 0.1) is 5.82 Å². The fraction of sp³-hybridized carbons (Fsp3) is 0.600. The molecule has 0 spiro atoms. The van der Waals surface area contributed by atoms with E-state index in [0.29, 0.717) is 10.5 Å². The molecule has 4 heteroatoms. The highest BCUT2D eigenvalue weighted by molar-refractivity contribution is 9.10. The zero-order valence-corrected chi connectivity index (χ0v) is 12.9. The summed E-state index contributed by atoms with van der Waals surface area (Å²) in [6.45, 7) is 4.02. The van der Waals surface area contributed by atoms with Crippen molar-refractivity contribution < 1.29 is 9.13 Å². The highest BCUT2D eigenvalue weighted by atomic mass is 79.9. The average Bonchev–Trinajstić information content (AvgIpc) is 2.92. The van der Waals surface area contributed by atoms with Crippen molar-refractivity contribution in [1.82, 2.24) is 5.32 Å². The van der Waals surface area contributed by atoms with Gasteiger partial charge in [-0.3, -0.25) is 0 Å². The molecule has 2 rings (SSSR count). The average molecular weight is 330 g/mol. The van der Waals surface area contributed by atoms with E-state index in [0.717, 1.165) is 44.4 Å². The van der Waals surface area contributed by atoms with Gasteiger partial charge < -0.3 is 10.1 Å². The van der Waals surface area contributed by atoms with Crippen LogP contribution in [0.15, 0.2) is 22.7 Å². The van der Waals surface area contributed by atoms with Gasteiger partial charge in [0.15, 0.2) is 0 Å². The Balaban J connectivity index is 2.03. The molecule has 2 nitrogen and oxygen atoms in total. The van der Waals surface area contributed by atoms with Gasteiger partial charge in [0.25, 0.3) is 0 Å². The van der Waals surface area contributed by atoms with Crippen molar-refractivity contribution in [2.75, 3.05) is 13.2 Å². The first kappa shape index (κ1) is 14.9. The molecule has 2 unspecified atom stereocenters. The van der Waals surface area contributed by atoms with Crippen LogP contribution in [0.5, 0.6) is 0 Å². The minimum atomic E-state index is -0.209. The molecule has 1 heterocycles. The Kier molecular flexibility index (Phi) is 5.79. The van der Waals surface area contributed by atoms with Gasteiger partial charge in [0.2, 0.25) is 0 Å². The van der Waals surface area contributed by atoms with Crippen LogP contribution >= 0.6 is 15.9 Å². The molecule has 0 amide bonds. The normalized spacial score (nSPS) is 20.7. The highest BCUT2D eigenvalue weighted by Crippen LogP contribution is 2.22. The number of halogens is 2. The second-order valence-electron chi connectivity index (χ2n) is 5.06. The summed E-state index contributed by atoms with van der Waals surface area (Å²) in [5, 5.41) is 3.56. The van der Waals surface area contributed by atoms with Crippen molar-refractivity contribution in [1.29, 1.82) is 0 Å². The summed E-state index contributed by atoms with van der Waals surface area (Å²) in [7, 11) is 0. The van der Waals surface area contributed by atoms with Crippen LogP contribution in [0.2, 0.25) is 0 Å². The molecule has 1 N–H and O–H groups in total. The van der Waals surface area contributed by atoms with E-state index in [-0.39, 0.29) is 11.9 Å². The number of ether oxygens (including phenoxy) is 1. The second kappa shape index (κ2) is 7.36. The summed E-state index contributed by atoms with van der Waals surface area (Å²) in [4.78, 5) is 0. The van der Waals surface area contributed by atoms with Gasteiger partial charge in [-0.15, -0.1) is 0 Å². The van der Waals surface area contributed by atoms with Gasteiger partial charge in [-0.1, -0.05) is 13.0 Å². The molecule has 106 valence electrons. The lowest BCUT2D eigenvalue weighted by atomic mass is 9.99. The zero-order valence-electron chi connectivity index (χ0n) is 11.3. The van der Waals surface area contributed by atoms with E-state index >= 15 is 0 Å². The van der Waals surface area contributed by atoms with Gasteiger partial charge in [0, 0.05) is 12.6 Å². The molecule has 19 heavy (non-hydrogen) atoms. The first-order chi connectivity index (χ1) is 9.20. The largest absolute Gasteiger partial charge is 0.377 e. The Labute approximate surface area is 122 Å². The van der Waals surface area contributed by atoms with Crippen molar-refractivity contribution >= 4 is 15.9 Å². The first-order valence-corrected chi connectivity index (χ1v) is 7.79. The van der Waals surface area contributed by atoms with Gasteiger partial charge in [-0.2, -0.15) is 0 Å². The van der Waals surface area contributed by atoms with Gasteiger partial charge in [0.05, 0.1) is 10.6 Å². The third-order valence-electron chi connectivity index (χ3n) is 3.51. The van der Waals surface area contributed by atoms with Gasteiger partial charge in [-0.05, 0) is 65.9 Å². The summed E-state index contributed by atoms with van der Waals surface area (Å²) in [6.07, 6.45) is 4.53. The quantitative estimate of drug-likeness (QED) is 0.859. The lowest BCUT2D eigenvalue weighted by molar-refractivity contribution is 0.0784. The van der Waals surface area contributed by atoms with Crippen molar-refractivity contribution in [3.8, 4) is 0 Å². The molecule has 1 saturated heterocycles. The first-order valence-electron chi connectivity index (χ1n) is 6.99. The maximum Gasteiger partial charge on any atom is 0.137 e. The van der Waals surface area contributed by atoms with Crippen LogP contribution < -0.4 is 5.32 Å². The van der Waals surface area contributed by atoms with Crippen LogP contribution in [-0.2, 0) is 11.2 Å². The third-order valence-corrected chi connectivity index (χ3v) is 4.12. The Morgan fingerprint density at radius 3 is 3.00 bits per heavy atom. The summed E-state index contributed by atoms with van der Waals surface area (Å²) < 4.78 is 19.6. The van der Waals surface area contributed by atoms with E-state index in [4.69, 9.17) is 4.74 Å². The van der Waals surface area contributed by atoms with E-state index in [1.807, 2.05) is 12.1 Å². The fourth-order valence-corrected chi connectivity index (χ4v) is 2.93. The Hall–Kier alpha value is -0.450. The smallest absolute Gasteiger partial charge is 0.137 e. The second-order valence-corrected chi connectivity index (χ2v) is 5.92. The molecule has 2 atom stereocenters. The molecular formula is C15H21BrFNO. The van der Waals surface area contributed by atoms with E-state index in [1.54, 1.807) is 0 Å². The van der Waals surface area contributed by atoms with Gasteiger partial charge >= 0.3 is 0 Å². The molecular weight excluding hydrogens is 309 g/mol. The number of hydrogen-bond donors (Lipinski definition) is 1. The minimum Gasteiger partial charge on any atom is -0.377 e. The molecule has 0 aromatic heterocycles. The third kappa shape index (κ3) is 4.26. The highest BCUT2D eigenvalue weighted by Gasteiger charge is 2.25. The predicted molar refractivity (Wildman–Crippen MR) is 78.9 cm³/mol. The summed E-state index contributed by atoms with van der Waals surface area (Å²) in [5.41, 5.74) is 1.14. The van der Waals surface area contributed by atoms with Crippen molar-refractivity contribution in [2.24, 2.45) is 0 Å². The topological polar surface area (TPSA) is 21.3 Å². The number of rotatable bonds is 6. The van der Waals surface area contributed by atoms with Crippen molar-refractivity contribution in [3.05, 3.63) is 34.1 Å². The lowest BCUT2D eigenvalue weighted by Crippen LogP contribution is -2.41. The monoisotopic (exact) mass is 329 g/mol. The van der Waals surface area contributed by atoms with Crippen LogP contribution in [0.1, 0.15) is 31.7 Å². The summed E-state index contributed by atoms with van der Waals surface area (Å²) in [5.74, 6) is -0.209. The Morgan fingerprint density at radius 1 is 1.53 bits per heavy atom. The molecule has 1 aliphatic rings. The van der Waals surface area contributed by atoms with Crippen LogP contribution in [0.25, 0.3) is 0 Å². The van der Waals surface area contributed by atoms with Crippen LogP contribution in [0.3, 0.4) is 0 Å². The SMILES string of the molecule is CCCNC(Cc1ccc(F)c(Br)c1)C1CCCO1. The summed E-state index contributed by atoms with van der Waals surface area (Å²) in [6, 6.07) is 5.56. The molecule has 0 aliphatic carbocycles. The minimum absolute atomic E-state index is 0.209. The molecule has 0 radical (unpaired) electrons. The molecule has 0 saturated carbocycles. The van der Waals surface area contributed by atoms with Crippen LogP contribution in [-0.4, -0.2) is 25.3 Å². The van der Waals surface area contributed by atoms with Crippen molar-refractivity contribution in [2.45, 2.75) is 44.8 Å². The fourth-order valence-electron chi connectivity index (χ4n) is 2.51. The van der Waals surface area contributed by atoms with E-state index in [9.17, 15) is 4.39 Å². The molecule has 0 bridgehead atoms. The molecule has 1 fully saturated rings. The van der Waals surface area contributed by atoms with Gasteiger partial charge in [-0.25, -0.2) is 4.39 Å². The van der Waals surface area contributed by atoms with Crippen LogP contribution in [0.4, 0.5) is 4.39 Å². The predicted octanol–water partition coefficient (Wildman–Crippen LogP) is 3.68. The zero-order chi connectivity index (χ0) is 13.7. The molecule has 1 aromatic rings. The standard InChI is InChI=1S/C15H21BrFNO/c1-2-7-18-14(15-4-3-8-19-15)10-11-5-6-13(17)12(16)9-11/h5-6,9,14-15,18H,2-4,7-8,10H2,1H3. The Morgan fingerprint density at radius 2 is 2.37 bits per heavy atom. The number of nitrogens with one attached hydrogen (secondary N) is 1. The van der Waals surface area contributed by atoms with Crippen molar-refractivity contribution in [3.63, 3.8) is 0 Å².